The van der Waals surface area contributed by atoms with Crippen LogP contribution in [-0.4, -0.2) is 11.0 Å². The number of rotatable bonds is 4. The molecule has 0 fully saturated rings. The maximum Gasteiger partial charge on any atom is 0.295 e. The molecule has 0 bridgehead atoms. The second-order valence-electron chi connectivity index (χ2n) is 5.23. The molecule has 3 aromatic rings. The Hall–Kier alpha value is -2.55. The summed E-state index contributed by atoms with van der Waals surface area (Å²) in [7, 11) is 0. The summed E-state index contributed by atoms with van der Waals surface area (Å²) < 4.78 is 5.94. The van der Waals surface area contributed by atoms with Crippen molar-refractivity contribution in [1.29, 1.82) is 0 Å². The Kier molecular flexibility index (Phi) is 3.73. The zero-order valence-electron chi connectivity index (χ0n) is 12.2. The number of hydrogen-bond acceptors (Lipinski definition) is 3. The zero-order valence-corrected chi connectivity index (χ0v) is 12.2. The van der Waals surface area contributed by atoms with E-state index < -0.39 is 0 Å². The van der Waals surface area contributed by atoms with E-state index in [0.717, 1.165) is 22.6 Å². The minimum Gasteiger partial charge on any atom is -0.423 e. The van der Waals surface area contributed by atoms with Crippen molar-refractivity contribution in [1.82, 2.24) is 4.98 Å². The van der Waals surface area contributed by atoms with Gasteiger partial charge in [-0.3, -0.25) is 0 Å². The van der Waals surface area contributed by atoms with E-state index in [0.29, 0.717) is 6.01 Å². The van der Waals surface area contributed by atoms with Gasteiger partial charge >= 0.3 is 0 Å². The van der Waals surface area contributed by atoms with Crippen LogP contribution in [0.3, 0.4) is 0 Å². The molecule has 1 aromatic heterocycles. The molecule has 0 unspecified atom stereocenters. The number of hydrogen-bond donors (Lipinski definition) is 1. The van der Waals surface area contributed by atoms with Crippen molar-refractivity contribution in [2.75, 3.05) is 5.32 Å². The van der Waals surface area contributed by atoms with Crippen LogP contribution >= 0.6 is 0 Å². The van der Waals surface area contributed by atoms with E-state index in [-0.39, 0.29) is 6.04 Å². The largest absolute Gasteiger partial charge is 0.423 e. The Labute approximate surface area is 124 Å². The number of nitrogens with one attached hydrogen (secondary N) is 1. The second kappa shape index (κ2) is 5.83. The van der Waals surface area contributed by atoms with Crippen molar-refractivity contribution in [3.05, 3.63) is 60.7 Å². The molecule has 1 heterocycles. The topological polar surface area (TPSA) is 38.1 Å². The second-order valence-corrected chi connectivity index (χ2v) is 5.23. The molecule has 0 aliphatic carbocycles. The van der Waals surface area contributed by atoms with Gasteiger partial charge in [0.25, 0.3) is 6.01 Å². The first-order chi connectivity index (χ1) is 10.2. The lowest BCUT2D eigenvalue weighted by molar-refractivity contribution is 0.578. The van der Waals surface area contributed by atoms with Crippen LogP contribution in [0.25, 0.3) is 22.6 Å². The average molecular weight is 278 g/mol. The highest BCUT2D eigenvalue weighted by molar-refractivity contribution is 5.77. The van der Waals surface area contributed by atoms with E-state index in [2.05, 4.69) is 24.1 Å². The lowest BCUT2D eigenvalue weighted by Crippen LogP contribution is -2.09. The van der Waals surface area contributed by atoms with Gasteiger partial charge in [0.1, 0.15) is 5.69 Å². The predicted octanol–water partition coefficient (Wildman–Crippen LogP) is 4.83. The van der Waals surface area contributed by atoms with Gasteiger partial charge in [0.15, 0.2) is 5.76 Å². The maximum atomic E-state index is 5.94. The standard InChI is InChI=1S/C18H18N2O/c1-13(2)19-18-20-16(14-9-5-3-6-10-14)17(21-18)15-11-7-4-8-12-15/h3-13H,1-2H3,(H,19,20). The molecule has 2 aromatic carbocycles. The fourth-order valence-corrected chi connectivity index (χ4v) is 2.21. The van der Waals surface area contributed by atoms with Crippen LogP contribution in [0.1, 0.15) is 13.8 Å². The van der Waals surface area contributed by atoms with Crippen LogP contribution in [0, 0.1) is 0 Å². The number of aromatic nitrogens is 1. The summed E-state index contributed by atoms with van der Waals surface area (Å²) in [4.78, 5) is 4.62. The van der Waals surface area contributed by atoms with Gasteiger partial charge in [0, 0.05) is 17.2 Å². The first kappa shape index (κ1) is 13.4. The van der Waals surface area contributed by atoms with Crippen molar-refractivity contribution in [2.24, 2.45) is 0 Å². The van der Waals surface area contributed by atoms with Gasteiger partial charge in [-0.1, -0.05) is 60.7 Å². The quantitative estimate of drug-likeness (QED) is 0.743. The smallest absolute Gasteiger partial charge is 0.295 e. The summed E-state index contributed by atoms with van der Waals surface area (Å²) in [5.74, 6) is 0.796. The van der Waals surface area contributed by atoms with Gasteiger partial charge < -0.3 is 9.73 Å². The van der Waals surface area contributed by atoms with Crippen LogP contribution < -0.4 is 5.32 Å². The third kappa shape index (κ3) is 2.97. The molecule has 0 aliphatic rings. The van der Waals surface area contributed by atoms with Crippen molar-refractivity contribution < 1.29 is 4.42 Å². The van der Waals surface area contributed by atoms with E-state index in [4.69, 9.17) is 4.42 Å². The molecule has 3 rings (SSSR count). The van der Waals surface area contributed by atoms with E-state index in [1.165, 1.54) is 0 Å². The van der Waals surface area contributed by atoms with Gasteiger partial charge in [0.2, 0.25) is 0 Å². The van der Waals surface area contributed by atoms with Gasteiger partial charge in [-0.2, -0.15) is 4.98 Å². The molecule has 0 amide bonds. The summed E-state index contributed by atoms with van der Waals surface area (Å²) in [5.41, 5.74) is 2.95. The fourth-order valence-electron chi connectivity index (χ4n) is 2.21. The number of nitrogens with zero attached hydrogens (tertiary/aromatic N) is 1. The van der Waals surface area contributed by atoms with Crippen LogP contribution in [0.15, 0.2) is 65.1 Å². The van der Waals surface area contributed by atoms with Crippen LogP contribution in [0.2, 0.25) is 0 Å². The molecule has 0 atom stereocenters. The molecule has 0 saturated carbocycles. The van der Waals surface area contributed by atoms with E-state index in [1.807, 2.05) is 60.7 Å². The predicted molar refractivity (Wildman–Crippen MR) is 86.1 cm³/mol. The molecule has 0 spiro atoms. The molecule has 1 N–H and O–H groups in total. The van der Waals surface area contributed by atoms with Crippen molar-refractivity contribution in [3.63, 3.8) is 0 Å². The molecule has 106 valence electrons. The van der Waals surface area contributed by atoms with Gasteiger partial charge in [0.05, 0.1) is 0 Å². The number of anilines is 1. The third-order valence-corrected chi connectivity index (χ3v) is 3.12. The molecular formula is C18H18N2O. The van der Waals surface area contributed by atoms with E-state index in [9.17, 15) is 0 Å². The molecular weight excluding hydrogens is 260 g/mol. The average Bonchev–Trinajstić information content (AvgIpc) is 2.92. The minimum absolute atomic E-state index is 0.274. The SMILES string of the molecule is CC(C)Nc1nc(-c2ccccc2)c(-c2ccccc2)o1. The van der Waals surface area contributed by atoms with Gasteiger partial charge in [-0.25, -0.2) is 0 Å². The molecule has 3 heteroatoms. The molecule has 0 saturated heterocycles. The maximum absolute atomic E-state index is 5.94. The molecule has 3 nitrogen and oxygen atoms in total. The van der Waals surface area contributed by atoms with Crippen LogP contribution in [0.5, 0.6) is 0 Å². The highest BCUT2D eigenvalue weighted by Gasteiger charge is 2.16. The Balaban J connectivity index is 2.11. The summed E-state index contributed by atoms with van der Waals surface area (Å²) in [6, 6.07) is 21.0. The minimum atomic E-state index is 0.274. The highest BCUT2D eigenvalue weighted by atomic mass is 16.4. The van der Waals surface area contributed by atoms with Gasteiger partial charge in [-0.15, -0.1) is 0 Å². The molecule has 0 aliphatic heterocycles. The van der Waals surface area contributed by atoms with E-state index in [1.54, 1.807) is 0 Å². The van der Waals surface area contributed by atoms with Gasteiger partial charge in [-0.05, 0) is 13.8 Å². The fraction of sp³-hybridized carbons (Fsp3) is 0.167. The monoisotopic (exact) mass is 278 g/mol. The lowest BCUT2D eigenvalue weighted by atomic mass is 10.1. The van der Waals surface area contributed by atoms with Crippen molar-refractivity contribution >= 4 is 6.01 Å². The lowest BCUT2D eigenvalue weighted by Gasteiger charge is -2.03. The molecule has 0 radical (unpaired) electrons. The highest BCUT2D eigenvalue weighted by Crippen LogP contribution is 2.34. The first-order valence-electron chi connectivity index (χ1n) is 7.12. The first-order valence-corrected chi connectivity index (χ1v) is 7.12. The summed E-state index contributed by atoms with van der Waals surface area (Å²) in [6.07, 6.45) is 0. The summed E-state index contributed by atoms with van der Waals surface area (Å²) in [6.45, 7) is 4.13. The Morgan fingerprint density at radius 1 is 0.857 bits per heavy atom. The van der Waals surface area contributed by atoms with Crippen molar-refractivity contribution in [3.8, 4) is 22.6 Å². The number of oxazole rings is 1. The summed E-state index contributed by atoms with van der Waals surface area (Å²) in [5, 5.41) is 3.23. The third-order valence-electron chi connectivity index (χ3n) is 3.12. The van der Waals surface area contributed by atoms with E-state index >= 15 is 0 Å². The molecule has 21 heavy (non-hydrogen) atoms. The zero-order chi connectivity index (χ0) is 14.7. The van der Waals surface area contributed by atoms with Crippen molar-refractivity contribution in [2.45, 2.75) is 19.9 Å². The summed E-state index contributed by atoms with van der Waals surface area (Å²) >= 11 is 0. The van der Waals surface area contributed by atoms with Crippen LogP contribution in [0.4, 0.5) is 6.01 Å². The Morgan fingerprint density at radius 3 is 2.00 bits per heavy atom. The Morgan fingerprint density at radius 2 is 1.43 bits per heavy atom. The Bertz CT molecular complexity index is 646. The van der Waals surface area contributed by atoms with Crippen LogP contribution in [-0.2, 0) is 0 Å². The number of benzene rings is 2. The normalized spacial score (nSPS) is 10.8.